The first-order chi connectivity index (χ1) is 7.72. The molecule has 0 aliphatic rings. The summed E-state index contributed by atoms with van der Waals surface area (Å²) in [5.74, 6) is 1.17. The molecule has 0 atom stereocenters. The van der Waals surface area contributed by atoms with Crippen LogP contribution < -0.4 is 0 Å². The monoisotopic (exact) mass is 214 g/mol. The highest BCUT2D eigenvalue weighted by molar-refractivity contribution is 5.76. The number of nitrogens with zero attached hydrogens (tertiary/aromatic N) is 2. The number of allylic oxidation sites excluding steroid dienone is 1. The summed E-state index contributed by atoms with van der Waals surface area (Å²) in [7, 11) is 0. The Bertz CT molecular complexity index is 508. The molecular formula is C14H18N2. The first-order valence-electron chi connectivity index (χ1n) is 5.81. The summed E-state index contributed by atoms with van der Waals surface area (Å²) in [6.07, 6.45) is 2.15. The van der Waals surface area contributed by atoms with Crippen molar-refractivity contribution >= 4 is 11.0 Å². The molecule has 2 nitrogen and oxygen atoms in total. The number of imidazole rings is 1. The van der Waals surface area contributed by atoms with Crippen molar-refractivity contribution in [1.82, 2.24) is 9.55 Å². The first kappa shape index (κ1) is 10.9. The lowest BCUT2D eigenvalue weighted by Gasteiger charge is -2.07. The Morgan fingerprint density at radius 3 is 2.81 bits per heavy atom. The van der Waals surface area contributed by atoms with Crippen molar-refractivity contribution in [2.45, 2.75) is 33.2 Å². The molecule has 0 radical (unpaired) electrons. The number of para-hydroxylation sites is 2. The Kier molecular flexibility index (Phi) is 3.09. The van der Waals surface area contributed by atoms with Gasteiger partial charge in [0.25, 0.3) is 0 Å². The molecule has 0 aliphatic heterocycles. The molecule has 2 rings (SSSR count). The smallest absolute Gasteiger partial charge is 0.110 e. The Morgan fingerprint density at radius 1 is 1.38 bits per heavy atom. The Labute approximate surface area is 96.6 Å². The van der Waals surface area contributed by atoms with Crippen LogP contribution in [0.4, 0.5) is 0 Å². The van der Waals surface area contributed by atoms with E-state index in [2.05, 4.69) is 48.2 Å². The lowest BCUT2D eigenvalue weighted by Crippen LogP contribution is -2.04. The predicted molar refractivity (Wildman–Crippen MR) is 68.5 cm³/mol. The lowest BCUT2D eigenvalue weighted by atomic mass is 10.3. The Balaban J connectivity index is 2.54. The summed E-state index contributed by atoms with van der Waals surface area (Å²) in [6.45, 7) is 9.11. The van der Waals surface area contributed by atoms with Crippen molar-refractivity contribution in [3.63, 3.8) is 0 Å². The Morgan fingerprint density at radius 2 is 2.12 bits per heavy atom. The largest absolute Gasteiger partial charge is 0.324 e. The number of aryl methyl sites for hydroxylation is 1. The average molecular weight is 214 g/mol. The van der Waals surface area contributed by atoms with E-state index < -0.39 is 0 Å². The average Bonchev–Trinajstić information content (AvgIpc) is 2.57. The third kappa shape index (κ3) is 2.01. The van der Waals surface area contributed by atoms with Crippen molar-refractivity contribution in [3.05, 3.63) is 42.2 Å². The van der Waals surface area contributed by atoms with E-state index in [1.807, 2.05) is 6.07 Å². The topological polar surface area (TPSA) is 17.8 Å². The van der Waals surface area contributed by atoms with Crippen molar-refractivity contribution in [3.8, 4) is 0 Å². The summed E-state index contributed by atoms with van der Waals surface area (Å²) in [5.41, 5.74) is 3.47. The second kappa shape index (κ2) is 4.52. The lowest BCUT2D eigenvalue weighted by molar-refractivity contribution is 0.715. The highest BCUT2D eigenvalue weighted by Gasteiger charge is 2.08. The van der Waals surface area contributed by atoms with E-state index in [1.165, 1.54) is 16.9 Å². The number of hydrogen-bond donors (Lipinski definition) is 0. The molecule has 0 spiro atoms. The van der Waals surface area contributed by atoms with E-state index in [-0.39, 0.29) is 0 Å². The fourth-order valence-electron chi connectivity index (χ4n) is 1.99. The quantitative estimate of drug-likeness (QED) is 0.711. The normalized spacial score (nSPS) is 10.9. The SMILES string of the molecule is C=C(C)Cn1c(CCC)nc2ccccc21. The molecule has 2 heteroatoms. The minimum Gasteiger partial charge on any atom is -0.324 e. The summed E-state index contributed by atoms with van der Waals surface area (Å²) < 4.78 is 2.28. The van der Waals surface area contributed by atoms with Gasteiger partial charge in [-0.1, -0.05) is 31.2 Å². The van der Waals surface area contributed by atoms with E-state index in [1.54, 1.807) is 0 Å². The van der Waals surface area contributed by atoms with Crippen LogP contribution in [0.5, 0.6) is 0 Å². The molecule has 0 saturated carbocycles. The summed E-state index contributed by atoms with van der Waals surface area (Å²) in [6, 6.07) is 8.30. The summed E-state index contributed by atoms with van der Waals surface area (Å²) in [5, 5.41) is 0. The second-order valence-electron chi connectivity index (χ2n) is 4.31. The zero-order chi connectivity index (χ0) is 11.5. The van der Waals surface area contributed by atoms with Crippen molar-refractivity contribution in [2.75, 3.05) is 0 Å². The van der Waals surface area contributed by atoms with Crippen LogP contribution >= 0.6 is 0 Å². The fourth-order valence-corrected chi connectivity index (χ4v) is 1.99. The van der Waals surface area contributed by atoms with Gasteiger partial charge in [0.1, 0.15) is 5.82 Å². The van der Waals surface area contributed by atoms with Gasteiger partial charge in [0, 0.05) is 13.0 Å². The van der Waals surface area contributed by atoms with Gasteiger partial charge in [-0.15, -0.1) is 0 Å². The Hall–Kier alpha value is -1.57. The molecule has 0 fully saturated rings. The fraction of sp³-hybridized carbons (Fsp3) is 0.357. The minimum absolute atomic E-state index is 0.871. The van der Waals surface area contributed by atoms with E-state index >= 15 is 0 Å². The van der Waals surface area contributed by atoms with Gasteiger partial charge in [-0.2, -0.15) is 0 Å². The molecule has 0 bridgehead atoms. The molecule has 1 aromatic carbocycles. The van der Waals surface area contributed by atoms with E-state index in [0.29, 0.717) is 0 Å². The first-order valence-corrected chi connectivity index (χ1v) is 5.81. The van der Waals surface area contributed by atoms with Gasteiger partial charge in [0.2, 0.25) is 0 Å². The predicted octanol–water partition coefficient (Wildman–Crippen LogP) is 3.56. The summed E-state index contributed by atoms with van der Waals surface area (Å²) in [4.78, 5) is 4.68. The number of hydrogen-bond acceptors (Lipinski definition) is 1. The minimum atomic E-state index is 0.871. The van der Waals surface area contributed by atoms with Gasteiger partial charge in [-0.25, -0.2) is 4.98 Å². The van der Waals surface area contributed by atoms with Gasteiger partial charge < -0.3 is 4.57 Å². The van der Waals surface area contributed by atoms with Gasteiger partial charge in [-0.3, -0.25) is 0 Å². The number of fused-ring (bicyclic) bond motifs is 1. The molecule has 0 unspecified atom stereocenters. The zero-order valence-corrected chi connectivity index (χ0v) is 10.0. The summed E-state index contributed by atoms with van der Waals surface area (Å²) >= 11 is 0. The maximum absolute atomic E-state index is 4.68. The van der Waals surface area contributed by atoms with Crippen LogP contribution in [0.3, 0.4) is 0 Å². The molecular weight excluding hydrogens is 196 g/mol. The van der Waals surface area contributed by atoms with E-state index in [4.69, 9.17) is 0 Å². The number of benzene rings is 1. The van der Waals surface area contributed by atoms with Crippen LogP contribution in [-0.4, -0.2) is 9.55 Å². The van der Waals surface area contributed by atoms with E-state index in [0.717, 1.165) is 24.9 Å². The molecule has 1 heterocycles. The van der Waals surface area contributed by atoms with E-state index in [9.17, 15) is 0 Å². The molecule has 0 N–H and O–H groups in total. The maximum atomic E-state index is 4.68. The second-order valence-corrected chi connectivity index (χ2v) is 4.31. The highest BCUT2D eigenvalue weighted by Crippen LogP contribution is 2.18. The molecule has 0 aliphatic carbocycles. The third-order valence-corrected chi connectivity index (χ3v) is 2.64. The van der Waals surface area contributed by atoms with Gasteiger partial charge in [0.15, 0.2) is 0 Å². The third-order valence-electron chi connectivity index (χ3n) is 2.64. The number of rotatable bonds is 4. The molecule has 16 heavy (non-hydrogen) atoms. The van der Waals surface area contributed by atoms with Crippen LogP contribution in [0.2, 0.25) is 0 Å². The van der Waals surface area contributed by atoms with Gasteiger partial charge in [0.05, 0.1) is 11.0 Å². The standard InChI is InChI=1S/C14H18N2/c1-4-7-14-15-12-8-5-6-9-13(12)16(14)10-11(2)3/h5-6,8-9H,2,4,7,10H2,1,3H3. The van der Waals surface area contributed by atoms with Crippen LogP contribution in [0.15, 0.2) is 36.4 Å². The molecule has 1 aromatic heterocycles. The van der Waals surface area contributed by atoms with Crippen molar-refractivity contribution in [1.29, 1.82) is 0 Å². The molecule has 2 aromatic rings. The van der Waals surface area contributed by atoms with Crippen LogP contribution in [0.25, 0.3) is 11.0 Å². The van der Waals surface area contributed by atoms with Crippen LogP contribution in [0.1, 0.15) is 26.1 Å². The van der Waals surface area contributed by atoms with Gasteiger partial charge >= 0.3 is 0 Å². The zero-order valence-electron chi connectivity index (χ0n) is 10.0. The van der Waals surface area contributed by atoms with Crippen LogP contribution in [0, 0.1) is 0 Å². The van der Waals surface area contributed by atoms with Crippen molar-refractivity contribution < 1.29 is 0 Å². The molecule has 84 valence electrons. The molecule has 0 amide bonds. The van der Waals surface area contributed by atoms with Crippen LogP contribution in [-0.2, 0) is 13.0 Å². The van der Waals surface area contributed by atoms with Gasteiger partial charge in [-0.05, 0) is 25.5 Å². The highest BCUT2D eigenvalue weighted by atomic mass is 15.1. The number of aromatic nitrogens is 2. The maximum Gasteiger partial charge on any atom is 0.110 e. The van der Waals surface area contributed by atoms with Crippen molar-refractivity contribution in [2.24, 2.45) is 0 Å². The molecule has 0 saturated heterocycles.